The van der Waals surface area contributed by atoms with Crippen molar-refractivity contribution < 1.29 is 9.53 Å². The van der Waals surface area contributed by atoms with Gasteiger partial charge in [0.15, 0.2) is 5.96 Å². The van der Waals surface area contributed by atoms with Crippen LogP contribution in [0.4, 0.5) is 4.79 Å². The Balaban J connectivity index is 0.00000400. The number of carbonyl (C=O) groups is 1. The molecule has 0 spiro atoms. The number of rotatable bonds is 6. The molecule has 0 bridgehead atoms. The van der Waals surface area contributed by atoms with E-state index in [1.807, 2.05) is 27.7 Å². The summed E-state index contributed by atoms with van der Waals surface area (Å²) in [7, 11) is 0. The normalized spacial score (nSPS) is 15.0. The molecule has 1 fully saturated rings. The van der Waals surface area contributed by atoms with E-state index in [1.165, 1.54) is 12.8 Å². The minimum Gasteiger partial charge on any atom is -0.444 e. The Morgan fingerprint density at radius 2 is 1.81 bits per heavy atom. The van der Waals surface area contributed by atoms with Crippen molar-refractivity contribution in [3.8, 4) is 0 Å². The van der Waals surface area contributed by atoms with Crippen LogP contribution in [0.25, 0.3) is 0 Å². The number of alkyl carbamates (subject to hydrolysis) is 1. The van der Waals surface area contributed by atoms with Gasteiger partial charge >= 0.3 is 6.09 Å². The summed E-state index contributed by atoms with van der Waals surface area (Å²) in [4.78, 5) is 15.9. The maximum absolute atomic E-state index is 11.4. The van der Waals surface area contributed by atoms with E-state index in [9.17, 15) is 4.79 Å². The molecule has 1 rings (SSSR count). The molecular formula is C14H29IN4O2. The largest absolute Gasteiger partial charge is 0.444 e. The minimum atomic E-state index is -0.460. The van der Waals surface area contributed by atoms with Gasteiger partial charge in [-0.3, -0.25) is 4.99 Å². The molecule has 124 valence electrons. The van der Waals surface area contributed by atoms with Gasteiger partial charge in [-0.25, -0.2) is 4.79 Å². The lowest BCUT2D eigenvalue weighted by atomic mass is 10.2. The van der Waals surface area contributed by atoms with Crippen LogP contribution in [0.5, 0.6) is 0 Å². The van der Waals surface area contributed by atoms with Gasteiger partial charge < -0.3 is 20.7 Å². The summed E-state index contributed by atoms with van der Waals surface area (Å²) in [5, 5.41) is 9.09. The molecule has 0 heterocycles. The first-order valence-corrected chi connectivity index (χ1v) is 7.39. The number of ether oxygens (including phenoxy) is 1. The molecule has 1 aliphatic rings. The van der Waals surface area contributed by atoms with Gasteiger partial charge in [0.05, 0.1) is 0 Å². The number of hydrogen-bond donors (Lipinski definition) is 3. The van der Waals surface area contributed by atoms with Crippen LogP contribution in [-0.4, -0.2) is 43.8 Å². The molecule has 21 heavy (non-hydrogen) atoms. The number of guanidine groups is 1. The molecule has 0 saturated heterocycles. The smallest absolute Gasteiger partial charge is 0.407 e. The van der Waals surface area contributed by atoms with Gasteiger partial charge in [0.25, 0.3) is 0 Å². The molecule has 1 amide bonds. The summed E-state index contributed by atoms with van der Waals surface area (Å²) in [6.07, 6.45) is 2.20. The highest BCUT2D eigenvalue weighted by Gasteiger charge is 2.20. The lowest BCUT2D eigenvalue weighted by Gasteiger charge is -2.19. The van der Waals surface area contributed by atoms with Crippen LogP contribution in [0.3, 0.4) is 0 Å². The Kier molecular flexibility index (Phi) is 9.72. The van der Waals surface area contributed by atoms with E-state index in [0.717, 1.165) is 25.0 Å². The molecule has 0 aromatic carbocycles. The summed E-state index contributed by atoms with van der Waals surface area (Å²) in [5.74, 6) is 1.58. The van der Waals surface area contributed by atoms with Crippen LogP contribution in [0.15, 0.2) is 4.99 Å². The van der Waals surface area contributed by atoms with Crippen LogP contribution in [0.1, 0.15) is 40.5 Å². The summed E-state index contributed by atoms with van der Waals surface area (Å²) >= 11 is 0. The van der Waals surface area contributed by atoms with Crippen molar-refractivity contribution in [3.05, 3.63) is 0 Å². The highest BCUT2D eigenvalue weighted by atomic mass is 127. The first-order valence-electron chi connectivity index (χ1n) is 7.39. The molecular weight excluding hydrogens is 383 g/mol. The maximum Gasteiger partial charge on any atom is 0.407 e. The van der Waals surface area contributed by atoms with E-state index >= 15 is 0 Å². The predicted octanol–water partition coefficient (Wildman–Crippen LogP) is 2.09. The van der Waals surface area contributed by atoms with E-state index in [2.05, 4.69) is 20.9 Å². The minimum absolute atomic E-state index is 0. The molecule has 6 nitrogen and oxygen atoms in total. The molecule has 0 unspecified atom stereocenters. The zero-order valence-electron chi connectivity index (χ0n) is 13.5. The van der Waals surface area contributed by atoms with Crippen LogP contribution in [-0.2, 0) is 4.74 Å². The second kappa shape index (κ2) is 10.1. The summed E-state index contributed by atoms with van der Waals surface area (Å²) < 4.78 is 5.16. The molecule has 1 aliphatic carbocycles. The van der Waals surface area contributed by atoms with Crippen LogP contribution < -0.4 is 16.0 Å². The van der Waals surface area contributed by atoms with E-state index in [0.29, 0.717) is 13.1 Å². The van der Waals surface area contributed by atoms with Crippen molar-refractivity contribution in [2.24, 2.45) is 10.9 Å². The maximum atomic E-state index is 11.4. The zero-order chi connectivity index (χ0) is 15.0. The Morgan fingerprint density at radius 3 is 2.33 bits per heavy atom. The summed E-state index contributed by atoms with van der Waals surface area (Å²) in [6, 6.07) is 0. The molecule has 0 radical (unpaired) electrons. The Labute approximate surface area is 144 Å². The van der Waals surface area contributed by atoms with Gasteiger partial charge in [-0.2, -0.15) is 0 Å². The quantitative estimate of drug-likeness (QED) is 0.270. The fourth-order valence-electron chi connectivity index (χ4n) is 1.52. The number of nitrogens with one attached hydrogen (secondary N) is 3. The lowest BCUT2D eigenvalue weighted by molar-refractivity contribution is 0.0529. The Hall–Kier alpha value is -0.730. The average molecular weight is 412 g/mol. The van der Waals surface area contributed by atoms with Crippen molar-refractivity contribution in [2.75, 3.05) is 26.2 Å². The van der Waals surface area contributed by atoms with Gasteiger partial charge in [-0.05, 0) is 46.5 Å². The third-order valence-electron chi connectivity index (χ3n) is 2.63. The van der Waals surface area contributed by atoms with Crippen molar-refractivity contribution in [1.29, 1.82) is 0 Å². The highest BCUT2D eigenvalue weighted by Crippen LogP contribution is 2.28. The van der Waals surface area contributed by atoms with E-state index in [-0.39, 0.29) is 30.1 Å². The third kappa shape index (κ3) is 11.6. The number of aliphatic imine (C=N–C) groups is 1. The summed E-state index contributed by atoms with van der Waals surface area (Å²) in [5.41, 5.74) is -0.460. The third-order valence-corrected chi connectivity index (χ3v) is 2.63. The molecule has 0 aromatic heterocycles. The van der Waals surface area contributed by atoms with Crippen molar-refractivity contribution in [2.45, 2.75) is 46.1 Å². The molecule has 0 aromatic rings. The average Bonchev–Trinajstić information content (AvgIpc) is 3.13. The standard InChI is InChI=1S/C14H28N4O2.HI/c1-5-15-12(18-10-11-6-7-11)16-8-9-17-13(19)20-14(2,3)4;/h11H,5-10H2,1-4H3,(H,17,19)(H2,15,16,18);1H. The number of carbonyl (C=O) groups excluding carboxylic acids is 1. The van der Waals surface area contributed by atoms with Gasteiger partial charge in [-0.1, -0.05) is 0 Å². The van der Waals surface area contributed by atoms with Crippen LogP contribution >= 0.6 is 24.0 Å². The van der Waals surface area contributed by atoms with Gasteiger partial charge in [0, 0.05) is 26.2 Å². The fraction of sp³-hybridized carbons (Fsp3) is 0.857. The number of hydrogen-bond acceptors (Lipinski definition) is 3. The first-order chi connectivity index (χ1) is 9.40. The first kappa shape index (κ1) is 20.3. The van der Waals surface area contributed by atoms with Gasteiger partial charge in [0.1, 0.15) is 5.60 Å². The Morgan fingerprint density at radius 1 is 1.19 bits per heavy atom. The monoisotopic (exact) mass is 412 g/mol. The SMILES string of the molecule is CCNC(=NCC1CC1)NCCNC(=O)OC(C)(C)C.I. The van der Waals surface area contributed by atoms with E-state index in [1.54, 1.807) is 0 Å². The second-order valence-corrected chi connectivity index (χ2v) is 6.02. The second-order valence-electron chi connectivity index (χ2n) is 6.02. The van der Waals surface area contributed by atoms with E-state index < -0.39 is 5.60 Å². The topological polar surface area (TPSA) is 74.8 Å². The molecule has 0 aliphatic heterocycles. The van der Waals surface area contributed by atoms with Gasteiger partial charge in [-0.15, -0.1) is 24.0 Å². The molecule has 7 heteroatoms. The molecule has 3 N–H and O–H groups in total. The number of nitrogens with zero attached hydrogens (tertiary/aromatic N) is 1. The molecule has 0 atom stereocenters. The van der Waals surface area contributed by atoms with Crippen molar-refractivity contribution >= 4 is 36.0 Å². The highest BCUT2D eigenvalue weighted by molar-refractivity contribution is 14.0. The predicted molar refractivity (Wildman–Crippen MR) is 96.4 cm³/mol. The van der Waals surface area contributed by atoms with Crippen molar-refractivity contribution in [3.63, 3.8) is 0 Å². The van der Waals surface area contributed by atoms with E-state index in [4.69, 9.17) is 4.74 Å². The van der Waals surface area contributed by atoms with Crippen LogP contribution in [0, 0.1) is 5.92 Å². The van der Waals surface area contributed by atoms with Crippen molar-refractivity contribution in [1.82, 2.24) is 16.0 Å². The fourth-order valence-corrected chi connectivity index (χ4v) is 1.52. The summed E-state index contributed by atoms with van der Waals surface area (Å²) in [6.45, 7) is 10.4. The Bertz CT molecular complexity index is 338. The zero-order valence-corrected chi connectivity index (χ0v) is 15.8. The molecule has 1 saturated carbocycles. The lowest BCUT2D eigenvalue weighted by Crippen LogP contribution is -2.42. The number of halogens is 1. The van der Waals surface area contributed by atoms with Gasteiger partial charge in [0.2, 0.25) is 0 Å². The van der Waals surface area contributed by atoms with Crippen LogP contribution in [0.2, 0.25) is 0 Å². The number of amides is 1.